The van der Waals surface area contributed by atoms with Crippen LogP contribution in [0.15, 0.2) is 24.3 Å². The highest BCUT2D eigenvalue weighted by atomic mass is 32.2. The van der Waals surface area contributed by atoms with Crippen LogP contribution >= 0.6 is 0 Å². The molecule has 0 bridgehead atoms. The molecule has 2 aliphatic rings. The van der Waals surface area contributed by atoms with E-state index in [0.29, 0.717) is 6.42 Å². The molecular formula is C16H18F3NO4S. The first-order valence-corrected chi connectivity index (χ1v) is 9.79. The molecule has 9 heteroatoms. The number of carbonyl (C=O) groups is 1. The first-order chi connectivity index (χ1) is 11.7. The summed E-state index contributed by atoms with van der Waals surface area (Å²) in [5.41, 5.74) is -0.849. The Labute approximate surface area is 143 Å². The minimum atomic E-state index is -4.48. The molecule has 1 aliphatic carbocycles. The first kappa shape index (κ1) is 18.0. The van der Waals surface area contributed by atoms with E-state index in [9.17, 15) is 26.4 Å². The number of hydrogen-bond acceptors (Lipinski definition) is 4. The average Bonchev–Trinajstić information content (AvgIpc) is 3.28. The third-order valence-corrected chi connectivity index (χ3v) is 6.10. The summed E-state index contributed by atoms with van der Waals surface area (Å²) in [6, 6.07) is 3.98. The van der Waals surface area contributed by atoms with Crippen molar-refractivity contribution >= 4 is 15.7 Å². The Hall–Kier alpha value is -1.77. The van der Waals surface area contributed by atoms with E-state index in [1.54, 1.807) is 4.90 Å². The summed E-state index contributed by atoms with van der Waals surface area (Å²) in [5, 5.41) is 0. The Morgan fingerprint density at radius 2 is 1.92 bits per heavy atom. The van der Waals surface area contributed by atoms with E-state index >= 15 is 0 Å². The Morgan fingerprint density at radius 1 is 1.20 bits per heavy atom. The molecular weight excluding hydrogens is 359 g/mol. The van der Waals surface area contributed by atoms with Crippen LogP contribution in [0.4, 0.5) is 13.2 Å². The maximum Gasteiger partial charge on any atom is 0.416 e. The van der Waals surface area contributed by atoms with Crippen molar-refractivity contribution in [3.63, 3.8) is 0 Å². The lowest BCUT2D eigenvalue weighted by atomic mass is 10.2. The van der Waals surface area contributed by atoms with Gasteiger partial charge in [-0.3, -0.25) is 4.79 Å². The molecule has 0 spiro atoms. The van der Waals surface area contributed by atoms with Gasteiger partial charge in [0.05, 0.1) is 17.1 Å². The highest BCUT2D eigenvalue weighted by Crippen LogP contribution is 2.33. The fourth-order valence-corrected chi connectivity index (χ4v) is 4.75. The summed E-state index contributed by atoms with van der Waals surface area (Å²) >= 11 is 0. The average molecular weight is 377 g/mol. The number of benzene rings is 1. The first-order valence-electron chi connectivity index (χ1n) is 7.97. The van der Waals surface area contributed by atoms with Gasteiger partial charge in [-0.2, -0.15) is 13.2 Å². The van der Waals surface area contributed by atoms with Crippen LogP contribution in [0.2, 0.25) is 0 Å². The van der Waals surface area contributed by atoms with Crippen LogP contribution in [0.1, 0.15) is 24.8 Å². The fraction of sp³-hybridized carbons (Fsp3) is 0.562. The van der Waals surface area contributed by atoms with Gasteiger partial charge in [-0.25, -0.2) is 8.42 Å². The Morgan fingerprint density at radius 3 is 2.48 bits per heavy atom. The lowest BCUT2D eigenvalue weighted by Crippen LogP contribution is -2.45. The molecule has 3 rings (SSSR count). The van der Waals surface area contributed by atoms with E-state index in [1.165, 1.54) is 12.1 Å². The standard InChI is InChI=1S/C16H18F3NO4S/c17-16(18,19)11-2-1-3-14(8-11)24-9-15(21)20(12-4-5-12)13-6-7-25(22,23)10-13/h1-3,8,12-13H,4-7,9-10H2/t13-/m1/s1. The van der Waals surface area contributed by atoms with Crippen LogP contribution in [0.25, 0.3) is 0 Å². The molecule has 1 aromatic rings. The van der Waals surface area contributed by atoms with Gasteiger partial charge in [0.2, 0.25) is 0 Å². The fourth-order valence-electron chi connectivity index (χ4n) is 3.03. The molecule has 1 saturated carbocycles. The van der Waals surface area contributed by atoms with Crippen LogP contribution in [0, 0.1) is 0 Å². The van der Waals surface area contributed by atoms with Crippen molar-refractivity contribution in [2.24, 2.45) is 0 Å². The molecule has 0 radical (unpaired) electrons. The van der Waals surface area contributed by atoms with Gasteiger partial charge in [0.15, 0.2) is 16.4 Å². The van der Waals surface area contributed by atoms with E-state index < -0.39 is 28.2 Å². The Bertz CT molecular complexity index is 759. The van der Waals surface area contributed by atoms with Gasteiger partial charge in [0.1, 0.15) is 5.75 Å². The molecule has 1 saturated heterocycles. The van der Waals surface area contributed by atoms with Crippen molar-refractivity contribution in [2.75, 3.05) is 18.1 Å². The smallest absolute Gasteiger partial charge is 0.416 e. The van der Waals surface area contributed by atoms with Crippen LogP contribution in [0.5, 0.6) is 5.75 Å². The third-order valence-electron chi connectivity index (χ3n) is 4.35. The number of nitrogens with zero attached hydrogens (tertiary/aromatic N) is 1. The number of ether oxygens (including phenoxy) is 1. The van der Waals surface area contributed by atoms with E-state index in [1.807, 2.05) is 0 Å². The molecule has 1 heterocycles. The van der Waals surface area contributed by atoms with Gasteiger partial charge < -0.3 is 9.64 Å². The molecule has 1 aliphatic heterocycles. The second kappa shape index (κ2) is 6.51. The summed E-state index contributed by atoms with van der Waals surface area (Å²) in [7, 11) is -3.13. The molecule has 2 fully saturated rings. The number of halogens is 3. The van der Waals surface area contributed by atoms with E-state index in [2.05, 4.69) is 0 Å². The lowest BCUT2D eigenvalue weighted by Gasteiger charge is -2.28. The SMILES string of the molecule is O=C(COc1cccc(C(F)(F)F)c1)N(C1CC1)[C@@H]1CCS(=O)(=O)C1. The number of hydrogen-bond donors (Lipinski definition) is 0. The molecule has 5 nitrogen and oxygen atoms in total. The third kappa shape index (κ3) is 4.45. The number of sulfone groups is 1. The van der Waals surface area contributed by atoms with E-state index in [-0.39, 0.29) is 35.2 Å². The van der Waals surface area contributed by atoms with Gasteiger partial charge in [-0.05, 0) is 37.5 Å². The van der Waals surface area contributed by atoms with Gasteiger partial charge in [0, 0.05) is 12.1 Å². The zero-order chi connectivity index (χ0) is 18.2. The quantitative estimate of drug-likeness (QED) is 0.790. The predicted molar refractivity (Wildman–Crippen MR) is 83.9 cm³/mol. The zero-order valence-electron chi connectivity index (χ0n) is 13.3. The van der Waals surface area contributed by atoms with Crippen LogP contribution in [0.3, 0.4) is 0 Å². The maximum absolute atomic E-state index is 12.7. The molecule has 0 aromatic heterocycles. The topological polar surface area (TPSA) is 63.7 Å². The lowest BCUT2D eigenvalue weighted by molar-refractivity contribution is -0.137. The molecule has 0 unspecified atom stereocenters. The van der Waals surface area contributed by atoms with Gasteiger partial charge >= 0.3 is 6.18 Å². The minimum Gasteiger partial charge on any atom is -0.484 e. The van der Waals surface area contributed by atoms with Crippen molar-refractivity contribution in [2.45, 2.75) is 37.5 Å². The molecule has 0 N–H and O–H groups in total. The highest BCUT2D eigenvalue weighted by molar-refractivity contribution is 7.91. The van der Waals surface area contributed by atoms with Crippen molar-refractivity contribution in [1.29, 1.82) is 0 Å². The Kier molecular flexibility index (Phi) is 4.70. The summed E-state index contributed by atoms with van der Waals surface area (Å²) in [6.45, 7) is -0.408. The normalized spacial score (nSPS) is 22.6. The summed E-state index contributed by atoms with van der Waals surface area (Å²) in [6.07, 6.45) is -2.46. The number of carbonyl (C=O) groups excluding carboxylic acids is 1. The number of alkyl halides is 3. The van der Waals surface area contributed by atoms with Crippen molar-refractivity contribution < 1.29 is 31.1 Å². The summed E-state index contributed by atoms with van der Waals surface area (Å²) in [5.74, 6) is -0.429. The van der Waals surface area contributed by atoms with Gasteiger partial charge in [-0.15, -0.1) is 0 Å². The monoisotopic (exact) mass is 377 g/mol. The highest BCUT2D eigenvalue weighted by Gasteiger charge is 2.42. The summed E-state index contributed by atoms with van der Waals surface area (Å²) < 4.78 is 66.6. The largest absolute Gasteiger partial charge is 0.484 e. The zero-order valence-corrected chi connectivity index (χ0v) is 14.1. The van der Waals surface area contributed by atoms with Crippen molar-refractivity contribution in [3.05, 3.63) is 29.8 Å². The number of amides is 1. The minimum absolute atomic E-state index is 0.0101. The molecule has 1 atom stereocenters. The van der Waals surface area contributed by atoms with Crippen LogP contribution in [-0.2, 0) is 20.8 Å². The second-order valence-electron chi connectivity index (χ2n) is 6.40. The van der Waals surface area contributed by atoms with Crippen LogP contribution in [-0.4, -0.2) is 49.4 Å². The molecule has 138 valence electrons. The second-order valence-corrected chi connectivity index (χ2v) is 8.63. The van der Waals surface area contributed by atoms with Crippen molar-refractivity contribution in [3.8, 4) is 5.75 Å². The Balaban J connectivity index is 1.65. The number of rotatable bonds is 5. The predicted octanol–water partition coefficient (Wildman–Crippen LogP) is 2.26. The van der Waals surface area contributed by atoms with E-state index in [0.717, 1.165) is 25.0 Å². The van der Waals surface area contributed by atoms with E-state index in [4.69, 9.17) is 4.74 Å². The molecule has 1 aromatic carbocycles. The molecule has 25 heavy (non-hydrogen) atoms. The summed E-state index contributed by atoms with van der Waals surface area (Å²) in [4.78, 5) is 14.0. The maximum atomic E-state index is 12.7. The molecule has 1 amide bonds. The van der Waals surface area contributed by atoms with Crippen molar-refractivity contribution in [1.82, 2.24) is 4.90 Å². The van der Waals surface area contributed by atoms with Gasteiger partial charge in [-0.1, -0.05) is 6.07 Å². The van der Waals surface area contributed by atoms with Crippen LogP contribution < -0.4 is 4.74 Å². The van der Waals surface area contributed by atoms with Gasteiger partial charge in [0.25, 0.3) is 5.91 Å².